The van der Waals surface area contributed by atoms with Crippen molar-refractivity contribution in [3.8, 4) is 11.3 Å². The van der Waals surface area contributed by atoms with Crippen molar-refractivity contribution in [3.05, 3.63) is 106 Å². The highest BCUT2D eigenvalue weighted by Crippen LogP contribution is 2.35. The van der Waals surface area contributed by atoms with Crippen LogP contribution in [0.4, 0.5) is 13.2 Å². The van der Waals surface area contributed by atoms with Gasteiger partial charge in [-0.25, -0.2) is 4.52 Å². The first-order chi connectivity index (χ1) is 17.3. The maximum Gasteiger partial charge on any atom is 0.421 e. The molecule has 0 aliphatic rings. The van der Waals surface area contributed by atoms with Crippen molar-refractivity contribution in [2.45, 2.75) is 12.2 Å². The zero-order valence-electron chi connectivity index (χ0n) is 18.6. The fourth-order valence-electron chi connectivity index (χ4n) is 4.16. The quantitative estimate of drug-likeness (QED) is 0.340. The molecule has 1 amide bonds. The van der Waals surface area contributed by atoms with Gasteiger partial charge in [0, 0.05) is 5.56 Å². The molecule has 5 aromatic rings. The largest absolute Gasteiger partial charge is 0.421 e. The van der Waals surface area contributed by atoms with Crippen LogP contribution >= 0.6 is 0 Å². The van der Waals surface area contributed by atoms with Crippen molar-refractivity contribution in [2.24, 2.45) is 0 Å². The molecule has 182 valence electrons. The Bertz CT molecular complexity index is 1640. The molecule has 0 aliphatic heterocycles. The normalized spacial score (nSPS) is 12.7. The minimum Gasteiger partial charge on any atom is -0.394 e. The van der Waals surface area contributed by atoms with Crippen molar-refractivity contribution >= 4 is 22.2 Å². The minimum atomic E-state index is -5.03. The summed E-state index contributed by atoms with van der Waals surface area (Å²) in [7, 11) is 0. The molecule has 36 heavy (non-hydrogen) atoms. The highest BCUT2D eigenvalue weighted by atomic mass is 19.4. The molecule has 1 unspecified atom stereocenters. The van der Waals surface area contributed by atoms with Gasteiger partial charge in [-0.1, -0.05) is 66.7 Å². The lowest BCUT2D eigenvalue weighted by Gasteiger charge is -2.16. The summed E-state index contributed by atoms with van der Waals surface area (Å²) in [5, 5.41) is 17.8. The Morgan fingerprint density at radius 3 is 2.42 bits per heavy atom. The number of halogens is 3. The molecule has 0 fully saturated rings. The first-order valence-electron chi connectivity index (χ1n) is 10.9. The third kappa shape index (κ3) is 4.22. The number of aliphatic hydroxyl groups is 1. The van der Waals surface area contributed by atoms with E-state index in [-0.39, 0.29) is 5.69 Å². The van der Waals surface area contributed by atoms with Crippen LogP contribution in [0.25, 0.3) is 27.5 Å². The summed E-state index contributed by atoms with van der Waals surface area (Å²) in [5.74, 6) is -1.17. The van der Waals surface area contributed by atoms with Crippen LogP contribution in [0, 0.1) is 0 Å². The number of hydrogen-bond donors (Lipinski definition) is 3. The van der Waals surface area contributed by atoms with Crippen molar-refractivity contribution in [1.29, 1.82) is 0 Å². The second kappa shape index (κ2) is 8.97. The van der Waals surface area contributed by atoms with Crippen molar-refractivity contribution in [3.63, 3.8) is 0 Å². The minimum absolute atomic E-state index is 0.235. The van der Waals surface area contributed by atoms with Crippen molar-refractivity contribution in [2.75, 3.05) is 6.61 Å². The molecule has 5 rings (SSSR count). The Labute approximate surface area is 201 Å². The average molecular weight is 492 g/mol. The standard InChI is InChI=1S/C26H19F3N4O3/c27-26(28,29)21-22(24(35)31-20(14-34)16-7-2-1-3-8-16)32-33-13-19(30-25(36)23(21)33)18-11-10-15-6-4-5-9-17(15)12-18/h1-13,20,34H,14H2,(H,30,36)(H,31,35). The fraction of sp³-hybridized carbons (Fsp3) is 0.115. The Kier molecular flexibility index (Phi) is 5.81. The summed E-state index contributed by atoms with van der Waals surface area (Å²) in [6, 6.07) is 20.2. The van der Waals surface area contributed by atoms with Crippen molar-refractivity contribution in [1.82, 2.24) is 19.9 Å². The third-order valence-corrected chi connectivity index (χ3v) is 5.87. The number of carbonyl (C=O) groups excluding carboxylic acids is 1. The summed E-state index contributed by atoms with van der Waals surface area (Å²) in [4.78, 5) is 28.3. The highest BCUT2D eigenvalue weighted by Gasteiger charge is 2.42. The van der Waals surface area contributed by atoms with Gasteiger partial charge < -0.3 is 15.4 Å². The van der Waals surface area contributed by atoms with E-state index in [0.717, 1.165) is 15.3 Å². The van der Waals surface area contributed by atoms with Gasteiger partial charge in [0.1, 0.15) is 11.1 Å². The first kappa shape index (κ1) is 23.3. The number of aromatic nitrogens is 3. The lowest BCUT2D eigenvalue weighted by Crippen LogP contribution is -2.32. The van der Waals surface area contributed by atoms with Crippen LogP contribution in [0.5, 0.6) is 0 Å². The predicted molar refractivity (Wildman–Crippen MR) is 127 cm³/mol. The van der Waals surface area contributed by atoms with E-state index in [1.165, 1.54) is 6.20 Å². The molecule has 10 heteroatoms. The zero-order valence-corrected chi connectivity index (χ0v) is 18.6. The summed E-state index contributed by atoms with van der Waals surface area (Å²) in [6.45, 7) is -0.544. The van der Waals surface area contributed by atoms with Crippen LogP contribution in [0.2, 0.25) is 0 Å². The van der Waals surface area contributed by atoms with Crippen molar-refractivity contribution < 1.29 is 23.1 Å². The van der Waals surface area contributed by atoms with E-state index in [2.05, 4.69) is 15.4 Å². The fourth-order valence-corrected chi connectivity index (χ4v) is 4.16. The number of rotatable bonds is 5. The molecule has 0 saturated heterocycles. The lowest BCUT2D eigenvalue weighted by atomic mass is 10.1. The number of nitrogens with one attached hydrogen (secondary N) is 2. The van der Waals surface area contributed by atoms with Gasteiger partial charge in [0.2, 0.25) is 0 Å². The average Bonchev–Trinajstić information content (AvgIpc) is 3.28. The van der Waals surface area contributed by atoms with Crippen LogP contribution < -0.4 is 10.9 Å². The molecule has 1 atom stereocenters. The van der Waals surface area contributed by atoms with Gasteiger partial charge in [0.05, 0.1) is 24.5 Å². The molecule has 0 radical (unpaired) electrons. The van der Waals surface area contributed by atoms with Crippen LogP contribution in [-0.4, -0.2) is 32.2 Å². The maximum atomic E-state index is 14.1. The van der Waals surface area contributed by atoms with E-state index in [9.17, 15) is 27.9 Å². The molecular formula is C26H19F3N4O3. The number of hydrogen-bond acceptors (Lipinski definition) is 4. The second-order valence-electron chi connectivity index (χ2n) is 8.19. The van der Waals surface area contributed by atoms with Crippen LogP contribution in [-0.2, 0) is 6.18 Å². The van der Waals surface area contributed by atoms with E-state index >= 15 is 0 Å². The Balaban J connectivity index is 1.61. The van der Waals surface area contributed by atoms with Crippen LogP contribution in [0.15, 0.2) is 83.8 Å². The van der Waals surface area contributed by atoms with Gasteiger partial charge in [-0.15, -0.1) is 0 Å². The number of carbonyl (C=O) groups is 1. The Morgan fingerprint density at radius 1 is 1.03 bits per heavy atom. The summed E-state index contributed by atoms with van der Waals surface area (Å²) >= 11 is 0. The smallest absolute Gasteiger partial charge is 0.394 e. The first-order valence-corrected chi connectivity index (χ1v) is 10.9. The molecule has 0 spiro atoms. The SMILES string of the molecule is O=C(NC(CO)c1ccccc1)c1nn2cc(-c3ccc4ccccc4c3)[nH]c(=O)c2c1C(F)(F)F. The molecular weight excluding hydrogens is 473 g/mol. The molecule has 0 saturated carbocycles. The highest BCUT2D eigenvalue weighted by molar-refractivity contribution is 5.96. The summed E-state index contributed by atoms with van der Waals surface area (Å²) in [6.07, 6.45) is -3.79. The number of aromatic amines is 1. The molecule has 0 bridgehead atoms. The summed E-state index contributed by atoms with van der Waals surface area (Å²) < 4.78 is 42.9. The molecule has 0 aliphatic carbocycles. The zero-order chi connectivity index (χ0) is 25.4. The van der Waals surface area contributed by atoms with Gasteiger partial charge >= 0.3 is 6.18 Å². The number of alkyl halides is 3. The molecule has 3 aromatic carbocycles. The molecule has 2 heterocycles. The van der Waals surface area contributed by atoms with E-state index in [0.29, 0.717) is 11.1 Å². The molecule has 3 N–H and O–H groups in total. The van der Waals surface area contributed by atoms with Crippen LogP contribution in [0.1, 0.15) is 27.7 Å². The molecule has 2 aromatic heterocycles. The number of benzene rings is 3. The second-order valence-corrected chi connectivity index (χ2v) is 8.19. The van der Waals surface area contributed by atoms with E-state index in [1.54, 1.807) is 42.5 Å². The number of nitrogens with zero attached hydrogens (tertiary/aromatic N) is 2. The predicted octanol–water partition coefficient (Wildman–Crippen LogP) is 4.33. The Hall–Kier alpha value is -4.44. The van der Waals surface area contributed by atoms with Gasteiger partial charge in [-0.05, 0) is 22.4 Å². The number of fused-ring (bicyclic) bond motifs is 2. The number of aliphatic hydroxyl groups excluding tert-OH is 1. The van der Waals surface area contributed by atoms with E-state index < -0.39 is 47.1 Å². The Morgan fingerprint density at radius 2 is 1.72 bits per heavy atom. The monoisotopic (exact) mass is 492 g/mol. The molecule has 7 nitrogen and oxygen atoms in total. The van der Waals surface area contributed by atoms with Gasteiger partial charge in [-0.3, -0.25) is 9.59 Å². The van der Waals surface area contributed by atoms with Gasteiger partial charge in [0.25, 0.3) is 11.5 Å². The topological polar surface area (TPSA) is 99.5 Å². The van der Waals surface area contributed by atoms with E-state index in [4.69, 9.17) is 0 Å². The lowest BCUT2D eigenvalue weighted by molar-refractivity contribution is -0.136. The van der Waals surface area contributed by atoms with Gasteiger partial charge in [-0.2, -0.15) is 18.3 Å². The van der Waals surface area contributed by atoms with Gasteiger partial charge in [0.15, 0.2) is 5.69 Å². The summed E-state index contributed by atoms with van der Waals surface area (Å²) in [5.41, 5.74) is -2.94. The van der Waals surface area contributed by atoms with E-state index in [1.807, 2.05) is 30.3 Å². The number of H-pyrrole nitrogens is 1. The maximum absolute atomic E-state index is 14.1. The third-order valence-electron chi connectivity index (χ3n) is 5.87. The number of amides is 1. The van der Waals surface area contributed by atoms with Crippen LogP contribution in [0.3, 0.4) is 0 Å².